The highest BCUT2D eigenvalue weighted by Gasteiger charge is 2.19. The summed E-state index contributed by atoms with van der Waals surface area (Å²) in [7, 11) is -3.69. The predicted octanol–water partition coefficient (Wildman–Crippen LogP) is 4.48. The van der Waals surface area contributed by atoms with Crippen molar-refractivity contribution >= 4 is 63.6 Å². The number of anilines is 1. The van der Waals surface area contributed by atoms with Crippen LogP contribution in [0.1, 0.15) is 5.56 Å². The van der Waals surface area contributed by atoms with E-state index in [0.29, 0.717) is 10.3 Å². The van der Waals surface area contributed by atoms with Crippen molar-refractivity contribution in [3.05, 3.63) is 49.4 Å². The van der Waals surface area contributed by atoms with Gasteiger partial charge in [-0.05, 0) is 68.6 Å². The molecular weight excluding hydrogens is 476 g/mol. The fourth-order valence-electron chi connectivity index (χ4n) is 1.52. The molecule has 2 rings (SSSR count). The van der Waals surface area contributed by atoms with Gasteiger partial charge in [0.15, 0.2) is 0 Å². The highest BCUT2D eigenvalue weighted by molar-refractivity contribution is 9.11. The summed E-state index contributed by atoms with van der Waals surface area (Å²) in [5.41, 5.74) is 0.733. The van der Waals surface area contributed by atoms with Crippen LogP contribution in [0.3, 0.4) is 0 Å². The first-order valence-corrected chi connectivity index (χ1v) is 9.26. The summed E-state index contributed by atoms with van der Waals surface area (Å²) in [6.07, 6.45) is 1.54. The Hall–Kier alpha value is -0.440. The standard InChI is InChI=1S/C12H9Br3N2O2S/c1-7-4-9(14)6-16-12(7)17-20(18,19)11-3-2-8(13)5-10(11)15/h2-6H,1H3,(H,16,17). The monoisotopic (exact) mass is 482 g/mol. The number of benzene rings is 1. The minimum absolute atomic E-state index is 0.157. The molecule has 0 spiro atoms. The van der Waals surface area contributed by atoms with Crippen molar-refractivity contribution in [3.63, 3.8) is 0 Å². The Morgan fingerprint density at radius 1 is 1.10 bits per heavy atom. The van der Waals surface area contributed by atoms with E-state index >= 15 is 0 Å². The lowest BCUT2D eigenvalue weighted by molar-refractivity contribution is 0.600. The first-order valence-electron chi connectivity index (χ1n) is 5.39. The molecule has 0 amide bonds. The normalized spacial score (nSPS) is 11.4. The van der Waals surface area contributed by atoms with Gasteiger partial charge in [0.25, 0.3) is 10.0 Å². The first-order chi connectivity index (χ1) is 9.29. The quantitative estimate of drug-likeness (QED) is 0.699. The van der Waals surface area contributed by atoms with Crippen molar-refractivity contribution in [2.45, 2.75) is 11.8 Å². The molecule has 1 N–H and O–H groups in total. The minimum atomic E-state index is -3.69. The molecule has 0 unspecified atom stereocenters. The number of hydrogen-bond acceptors (Lipinski definition) is 3. The van der Waals surface area contributed by atoms with Crippen molar-refractivity contribution in [1.82, 2.24) is 4.98 Å². The van der Waals surface area contributed by atoms with Gasteiger partial charge in [0.2, 0.25) is 0 Å². The molecule has 0 fully saturated rings. The zero-order chi connectivity index (χ0) is 14.9. The molecule has 20 heavy (non-hydrogen) atoms. The largest absolute Gasteiger partial charge is 0.264 e. The Morgan fingerprint density at radius 3 is 2.40 bits per heavy atom. The molecule has 0 aliphatic rings. The molecule has 0 bridgehead atoms. The minimum Gasteiger partial charge on any atom is -0.263 e. The Morgan fingerprint density at radius 2 is 1.80 bits per heavy atom. The van der Waals surface area contributed by atoms with E-state index in [9.17, 15) is 8.42 Å². The molecule has 0 aliphatic carbocycles. The molecular formula is C12H9Br3N2O2S. The van der Waals surface area contributed by atoms with Gasteiger partial charge in [-0.25, -0.2) is 13.4 Å². The smallest absolute Gasteiger partial charge is 0.263 e. The lowest BCUT2D eigenvalue weighted by atomic mass is 10.3. The molecule has 0 aliphatic heterocycles. The zero-order valence-electron chi connectivity index (χ0n) is 10.2. The number of rotatable bonds is 3. The van der Waals surface area contributed by atoms with Crippen molar-refractivity contribution in [3.8, 4) is 0 Å². The fourth-order valence-corrected chi connectivity index (χ4v) is 4.80. The van der Waals surface area contributed by atoms with Gasteiger partial charge >= 0.3 is 0 Å². The average molecular weight is 485 g/mol. The number of aryl methyl sites for hydroxylation is 1. The number of nitrogens with zero attached hydrogens (tertiary/aromatic N) is 1. The van der Waals surface area contributed by atoms with Crippen LogP contribution < -0.4 is 4.72 Å². The third-order valence-electron chi connectivity index (χ3n) is 2.46. The van der Waals surface area contributed by atoms with Crippen LogP contribution in [0.2, 0.25) is 0 Å². The summed E-state index contributed by atoms with van der Waals surface area (Å²) in [4.78, 5) is 4.23. The number of aromatic nitrogens is 1. The van der Waals surface area contributed by atoms with E-state index in [1.54, 1.807) is 31.3 Å². The molecule has 0 saturated heterocycles. The van der Waals surface area contributed by atoms with Gasteiger partial charge in [-0.2, -0.15) is 0 Å². The van der Waals surface area contributed by atoms with Crippen LogP contribution in [-0.2, 0) is 10.0 Å². The van der Waals surface area contributed by atoms with Gasteiger partial charge in [0.05, 0.1) is 0 Å². The summed E-state index contributed by atoms with van der Waals surface area (Å²) in [5.74, 6) is 0.308. The van der Waals surface area contributed by atoms with Crippen LogP contribution in [0.15, 0.2) is 48.8 Å². The van der Waals surface area contributed by atoms with Crippen LogP contribution in [0.25, 0.3) is 0 Å². The molecule has 1 heterocycles. The topological polar surface area (TPSA) is 59.1 Å². The maximum absolute atomic E-state index is 12.4. The Bertz CT molecular complexity index is 763. The molecule has 1 aromatic heterocycles. The van der Waals surface area contributed by atoms with Crippen LogP contribution in [-0.4, -0.2) is 13.4 Å². The van der Waals surface area contributed by atoms with Crippen molar-refractivity contribution in [2.75, 3.05) is 4.72 Å². The highest BCUT2D eigenvalue weighted by atomic mass is 79.9. The second kappa shape index (κ2) is 6.13. The maximum atomic E-state index is 12.4. The molecule has 0 atom stereocenters. The second-order valence-electron chi connectivity index (χ2n) is 4.00. The van der Waals surface area contributed by atoms with Gasteiger partial charge in [-0.1, -0.05) is 15.9 Å². The molecule has 0 radical (unpaired) electrons. The predicted molar refractivity (Wildman–Crippen MR) is 89.3 cm³/mol. The number of nitrogens with one attached hydrogen (secondary N) is 1. The van der Waals surface area contributed by atoms with E-state index in [4.69, 9.17) is 0 Å². The lowest BCUT2D eigenvalue weighted by Crippen LogP contribution is -2.15. The van der Waals surface area contributed by atoms with Gasteiger partial charge in [-0.3, -0.25) is 4.72 Å². The number of hydrogen-bond donors (Lipinski definition) is 1. The van der Waals surface area contributed by atoms with Gasteiger partial charge in [-0.15, -0.1) is 0 Å². The van der Waals surface area contributed by atoms with Crippen molar-refractivity contribution < 1.29 is 8.42 Å². The van der Waals surface area contributed by atoms with Crippen LogP contribution >= 0.6 is 47.8 Å². The van der Waals surface area contributed by atoms with E-state index in [0.717, 1.165) is 14.5 Å². The van der Waals surface area contributed by atoms with E-state index in [2.05, 4.69) is 57.5 Å². The SMILES string of the molecule is Cc1cc(Br)cnc1NS(=O)(=O)c1ccc(Br)cc1Br. The molecule has 4 nitrogen and oxygen atoms in total. The Labute approximate surface area is 142 Å². The summed E-state index contributed by atoms with van der Waals surface area (Å²) < 4.78 is 29.3. The number of sulfonamides is 1. The van der Waals surface area contributed by atoms with Crippen LogP contribution in [0.4, 0.5) is 5.82 Å². The molecule has 106 valence electrons. The Kier molecular flexibility index (Phi) is 4.88. The van der Waals surface area contributed by atoms with Crippen LogP contribution in [0, 0.1) is 6.92 Å². The summed E-state index contributed by atoms with van der Waals surface area (Å²) in [6, 6.07) is 6.66. The third kappa shape index (κ3) is 3.60. The maximum Gasteiger partial charge on any atom is 0.264 e. The highest BCUT2D eigenvalue weighted by Crippen LogP contribution is 2.28. The molecule has 1 aromatic carbocycles. The molecule has 0 saturated carbocycles. The zero-order valence-corrected chi connectivity index (χ0v) is 15.8. The van der Waals surface area contributed by atoms with Crippen molar-refractivity contribution in [2.24, 2.45) is 0 Å². The first kappa shape index (κ1) is 15.9. The molecule has 2 aromatic rings. The molecule has 8 heteroatoms. The number of pyridine rings is 1. The Balaban J connectivity index is 2.41. The van der Waals surface area contributed by atoms with Gasteiger partial charge in [0.1, 0.15) is 10.7 Å². The van der Waals surface area contributed by atoms with Gasteiger partial charge < -0.3 is 0 Å². The van der Waals surface area contributed by atoms with E-state index in [1.165, 1.54) is 6.07 Å². The fraction of sp³-hybridized carbons (Fsp3) is 0.0833. The van der Waals surface area contributed by atoms with Gasteiger partial charge in [0, 0.05) is 19.6 Å². The van der Waals surface area contributed by atoms with E-state index in [1.807, 2.05) is 0 Å². The average Bonchev–Trinajstić information content (AvgIpc) is 2.32. The summed E-state index contributed by atoms with van der Waals surface area (Å²) in [5, 5.41) is 0. The third-order valence-corrected chi connectivity index (χ3v) is 5.70. The summed E-state index contributed by atoms with van der Waals surface area (Å²) in [6.45, 7) is 1.78. The number of halogens is 3. The van der Waals surface area contributed by atoms with E-state index < -0.39 is 10.0 Å². The van der Waals surface area contributed by atoms with E-state index in [-0.39, 0.29) is 4.90 Å². The van der Waals surface area contributed by atoms with Crippen molar-refractivity contribution in [1.29, 1.82) is 0 Å². The summed E-state index contributed by atoms with van der Waals surface area (Å²) >= 11 is 9.82. The lowest BCUT2D eigenvalue weighted by Gasteiger charge is -2.11. The second-order valence-corrected chi connectivity index (χ2v) is 8.34. The van der Waals surface area contributed by atoms with Crippen LogP contribution in [0.5, 0.6) is 0 Å².